The Balaban J connectivity index is 2.01. The van der Waals surface area contributed by atoms with Gasteiger partial charge in [0.05, 0.1) is 12.8 Å². The molecule has 1 aliphatic rings. The second kappa shape index (κ2) is 6.31. The highest BCUT2D eigenvalue weighted by atomic mass is 16.5. The molecule has 1 fully saturated rings. The molecule has 7 nitrogen and oxygen atoms in total. The van der Waals surface area contributed by atoms with Crippen molar-refractivity contribution in [2.24, 2.45) is 0 Å². The molecule has 0 radical (unpaired) electrons. The molecule has 0 atom stereocenters. The summed E-state index contributed by atoms with van der Waals surface area (Å²) in [4.78, 5) is 29.8. The van der Waals surface area contributed by atoms with E-state index in [0.717, 1.165) is 0 Å². The molecule has 0 bridgehead atoms. The highest BCUT2D eigenvalue weighted by Gasteiger charge is 2.42. The number of aromatic nitrogens is 1. The molecule has 0 saturated carbocycles. The molecule has 0 unspecified atom stereocenters. The number of hydrogen-bond donors (Lipinski definition) is 1. The number of piperidine rings is 1. The molecule has 1 N–H and O–H groups in total. The Morgan fingerprint density at radius 3 is 2.48 bits per heavy atom. The third kappa shape index (κ3) is 3.72. The van der Waals surface area contributed by atoms with Crippen LogP contribution in [0.2, 0.25) is 0 Å². The molecule has 1 saturated heterocycles. The third-order valence-electron chi connectivity index (χ3n) is 3.96. The number of likely N-dealkylation sites (tertiary alicyclic amines) is 1. The molecule has 1 aromatic heterocycles. The number of amides is 1. The average molecular weight is 324 g/mol. The minimum atomic E-state index is -1.51. The largest absolute Gasteiger partial charge is 0.464 e. The van der Waals surface area contributed by atoms with Crippen molar-refractivity contribution in [3.8, 4) is 0 Å². The van der Waals surface area contributed by atoms with Crippen molar-refractivity contribution in [1.82, 2.24) is 9.88 Å². The smallest absolute Gasteiger partial charge is 0.338 e. The first-order valence-corrected chi connectivity index (χ1v) is 7.82. The summed E-state index contributed by atoms with van der Waals surface area (Å²) in [6, 6.07) is 0. The highest BCUT2D eigenvalue weighted by molar-refractivity contribution is 5.90. The van der Waals surface area contributed by atoms with Gasteiger partial charge in [-0.25, -0.2) is 9.78 Å². The van der Waals surface area contributed by atoms with Crippen molar-refractivity contribution in [2.75, 3.05) is 19.7 Å². The van der Waals surface area contributed by atoms with E-state index in [2.05, 4.69) is 4.98 Å². The summed E-state index contributed by atoms with van der Waals surface area (Å²) < 4.78 is 10.4. The maximum absolute atomic E-state index is 12.4. The number of carbonyl (C=O) groups is 2. The number of oxazole rings is 1. The summed E-state index contributed by atoms with van der Waals surface area (Å²) in [5.41, 5.74) is -1.74. The summed E-state index contributed by atoms with van der Waals surface area (Å²) in [6.45, 7) is 8.33. The van der Waals surface area contributed by atoms with E-state index in [1.165, 1.54) is 4.90 Å². The Morgan fingerprint density at radius 1 is 1.39 bits per heavy atom. The lowest BCUT2D eigenvalue weighted by molar-refractivity contribution is -0.169. The van der Waals surface area contributed by atoms with E-state index in [0.29, 0.717) is 5.76 Å². The SMILES string of the molecule is CCOC(=O)C1(O)CCN(C(=O)c2ncc(C(C)(C)C)o2)CC1. The van der Waals surface area contributed by atoms with Crippen LogP contribution in [0.5, 0.6) is 0 Å². The van der Waals surface area contributed by atoms with Crippen LogP contribution in [0.1, 0.15) is 57.0 Å². The third-order valence-corrected chi connectivity index (χ3v) is 3.96. The molecule has 1 amide bonds. The Hall–Kier alpha value is -1.89. The molecule has 0 spiro atoms. The van der Waals surface area contributed by atoms with E-state index in [-0.39, 0.29) is 49.8 Å². The van der Waals surface area contributed by atoms with Gasteiger partial charge in [-0.15, -0.1) is 0 Å². The van der Waals surface area contributed by atoms with Gasteiger partial charge in [-0.2, -0.15) is 0 Å². The maximum atomic E-state index is 12.4. The predicted octanol–water partition coefficient (Wildman–Crippen LogP) is 1.50. The molecule has 128 valence electrons. The van der Waals surface area contributed by atoms with Crippen molar-refractivity contribution >= 4 is 11.9 Å². The Morgan fingerprint density at radius 2 is 2.00 bits per heavy atom. The van der Waals surface area contributed by atoms with Gasteiger partial charge in [0, 0.05) is 31.3 Å². The monoisotopic (exact) mass is 324 g/mol. The van der Waals surface area contributed by atoms with Crippen molar-refractivity contribution < 1.29 is 23.8 Å². The van der Waals surface area contributed by atoms with Gasteiger partial charge in [0.2, 0.25) is 0 Å². The van der Waals surface area contributed by atoms with Crippen molar-refractivity contribution in [1.29, 1.82) is 0 Å². The number of hydrogen-bond acceptors (Lipinski definition) is 6. The Labute approximate surface area is 135 Å². The topological polar surface area (TPSA) is 92.9 Å². The first-order valence-electron chi connectivity index (χ1n) is 7.82. The fraction of sp³-hybridized carbons (Fsp3) is 0.688. The molecule has 0 aromatic carbocycles. The van der Waals surface area contributed by atoms with Gasteiger partial charge in [-0.1, -0.05) is 20.8 Å². The summed E-state index contributed by atoms with van der Waals surface area (Å²) in [7, 11) is 0. The van der Waals surface area contributed by atoms with E-state index >= 15 is 0 Å². The molecule has 23 heavy (non-hydrogen) atoms. The van der Waals surface area contributed by atoms with Gasteiger partial charge < -0.3 is 19.2 Å². The normalized spacial score (nSPS) is 17.9. The second-order valence-corrected chi connectivity index (χ2v) is 6.82. The van der Waals surface area contributed by atoms with E-state index in [1.807, 2.05) is 20.8 Å². The van der Waals surface area contributed by atoms with Crippen LogP contribution in [0.15, 0.2) is 10.6 Å². The zero-order chi connectivity index (χ0) is 17.3. The number of nitrogens with zero attached hydrogens (tertiary/aromatic N) is 2. The molecular weight excluding hydrogens is 300 g/mol. The van der Waals surface area contributed by atoms with E-state index in [1.54, 1.807) is 13.1 Å². The number of aliphatic hydroxyl groups is 1. The van der Waals surface area contributed by atoms with Crippen LogP contribution in [0.25, 0.3) is 0 Å². The molecule has 7 heteroatoms. The van der Waals surface area contributed by atoms with Crippen LogP contribution in [0.3, 0.4) is 0 Å². The van der Waals surface area contributed by atoms with Gasteiger partial charge in [-0.05, 0) is 6.92 Å². The second-order valence-electron chi connectivity index (χ2n) is 6.82. The molecule has 0 aliphatic carbocycles. The number of rotatable bonds is 3. The minimum absolute atomic E-state index is 0.0384. The Kier molecular flexibility index (Phi) is 4.79. The quantitative estimate of drug-likeness (QED) is 0.847. The average Bonchev–Trinajstić information content (AvgIpc) is 2.97. The number of esters is 1. The number of ether oxygens (including phenoxy) is 1. The summed E-state index contributed by atoms with van der Waals surface area (Å²) in [6.07, 6.45) is 1.85. The van der Waals surface area contributed by atoms with Crippen molar-refractivity contribution in [3.63, 3.8) is 0 Å². The van der Waals surface area contributed by atoms with E-state index < -0.39 is 11.6 Å². The number of carbonyl (C=O) groups excluding carboxylic acids is 2. The van der Waals surface area contributed by atoms with Gasteiger partial charge in [0.25, 0.3) is 5.89 Å². The van der Waals surface area contributed by atoms with Gasteiger partial charge in [-0.3, -0.25) is 4.79 Å². The van der Waals surface area contributed by atoms with Gasteiger partial charge in [0.15, 0.2) is 5.60 Å². The molecular formula is C16H24N2O5. The lowest BCUT2D eigenvalue weighted by Gasteiger charge is -2.35. The molecule has 1 aliphatic heterocycles. The van der Waals surface area contributed by atoms with E-state index in [4.69, 9.17) is 9.15 Å². The van der Waals surface area contributed by atoms with Crippen LogP contribution >= 0.6 is 0 Å². The van der Waals surface area contributed by atoms with Crippen LogP contribution < -0.4 is 0 Å². The summed E-state index contributed by atoms with van der Waals surface area (Å²) in [5.74, 6) is -0.276. The van der Waals surface area contributed by atoms with Crippen molar-refractivity contribution in [2.45, 2.75) is 51.6 Å². The van der Waals surface area contributed by atoms with Crippen LogP contribution in [-0.4, -0.2) is 52.2 Å². The van der Waals surface area contributed by atoms with Crippen LogP contribution in [0, 0.1) is 0 Å². The van der Waals surface area contributed by atoms with Gasteiger partial charge >= 0.3 is 11.9 Å². The first-order chi connectivity index (χ1) is 10.7. The molecule has 2 heterocycles. The molecule has 1 aromatic rings. The fourth-order valence-electron chi connectivity index (χ4n) is 2.40. The van der Waals surface area contributed by atoms with E-state index in [9.17, 15) is 14.7 Å². The standard InChI is InChI=1S/C16H24N2O5/c1-5-22-14(20)16(21)6-8-18(9-7-16)13(19)12-17-10-11(23-12)15(2,3)4/h10,21H,5-9H2,1-4H3. The summed E-state index contributed by atoms with van der Waals surface area (Å²) >= 11 is 0. The van der Waals surface area contributed by atoms with Crippen molar-refractivity contribution in [3.05, 3.63) is 17.8 Å². The first kappa shape index (κ1) is 17.5. The van der Waals surface area contributed by atoms with Crippen LogP contribution in [-0.2, 0) is 14.9 Å². The predicted molar refractivity (Wildman–Crippen MR) is 81.9 cm³/mol. The van der Waals surface area contributed by atoms with Gasteiger partial charge in [0.1, 0.15) is 5.76 Å². The molecule has 2 rings (SSSR count). The van der Waals surface area contributed by atoms with Crippen LogP contribution in [0.4, 0.5) is 0 Å². The highest BCUT2D eigenvalue weighted by Crippen LogP contribution is 2.26. The minimum Gasteiger partial charge on any atom is -0.464 e. The zero-order valence-electron chi connectivity index (χ0n) is 14.1. The summed E-state index contributed by atoms with van der Waals surface area (Å²) in [5, 5.41) is 10.3. The maximum Gasteiger partial charge on any atom is 0.338 e. The lowest BCUT2D eigenvalue weighted by Crippen LogP contribution is -2.51. The Bertz CT molecular complexity index is 580. The fourth-order valence-corrected chi connectivity index (χ4v) is 2.40. The zero-order valence-corrected chi connectivity index (χ0v) is 14.1. The lowest BCUT2D eigenvalue weighted by atomic mass is 9.91.